The van der Waals surface area contributed by atoms with E-state index in [1.165, 1.54) is 0 Å². The molecule has 7 heteroatoms. The molecule has 0 saturated heterocycles. The molecule has 0 bridgehead atoms. The topological polar surface area (TPSA) is 87.5 Å². The molecule has 0 atom stereocenters. The molecular formula is C12H10NO4PtS-. The molecule has 0 aliphatic heterocycles. The van der Waals surface area contributed by atoms with E-state index in [9.17, 15) is 9.59 Å². The van der Waals surface area contributed by atoms with Gasteiger partial charge in [0.1, 0.15) is 6.42 Å². The van der Waals surface area contributed by atoms with E-state index < -0.39 is 18.4 Å². The van der Waals surface area contributed by atoms with Crippen LogP contribution in [-0.4, -0.2) is 27.1 Å². The van der Waals surface area contributed by atoms with Gasteiger partial charge in [0.05, 0.1) is 0 Å². The number of nitrogens with zero attached hydrogens (tertiary/aromatic N) is 1. The fourth-order valence-corrected chi connectivity index (χ4v) is 1.66. The second kappa shape index (κ2) is 9.41. The molecule has 104 valence electrons. The average molecular weight is 459 g/mol. The van der Waals surface area contributed by atoms with Crippen molar-refractivity contribution in [2.24, 2.45) is 0 Å². The first-order valence-corrected chi connectivity index (χ1v) is 5.77. The molecule has 0 aliphatic rings. The third-order valence-corrected chi connectivity index (χ3v) is 2.50. The predicted octanol–water partition coefficient (Wildman–Crippen LogP) is 2.15. The van der Waals surface area contributed by atoms with Crippen LogP contribution < -0.4 is 0 Å². The van der Waals surface area contributed by atoms with Gasteiger partial charge in [-0.2, -0.15) is 12.1 Å². The summed E-state index contributed by atoms with van der Waals surface area (Å²) in [5.74, 6) is -2.62. The van der Waals surface area contributed by atoms with Crippen LogP contribution in [0.4, 0.5) is 0 Å². The molecule has 0 radical (unpaired) electrons. The van der Waals surface area contributed by atoms with Gasteiger partial charge in [-0.1, -0.05) is 17.0 Å². The summed E-state index contributed by atoms with van der Waals surface area (Å²) in [6, 6.07) is 10.9. The van der Waals surface area contributed by atoms with Crippen LogP contribution in [0.3, 0.4) is 0 Å². The summed E-state index contributed by atoms with van der Waals surface area (Å²) in [6.07, 6.45) is 0.989. The number of pyridine rings is 1. The summed E-state index contributed by atoms with van der Waals surface area (Å²) < 4.78 is 0. The molecule has 5 nitrogen and oxygen atoms in total. The van der Waals surface area contributed by atoms with Crippen LogP contribution in [-0.2, 0) is 30.7 Å². The number of aliphatic carboxylic acids is 2. The number of rotatable bonds is 3. The molecule has 0 spiro atoms. The van der Waals surface area contributed by atoms with E-state index in [2.05, 4.69) is 11.1 Å². The summed E-state index contributed by atoms with van der Waals surface area (Å²) in [5.41, 5.74) is 1.00. The Balaban J connectivity index is 0.000000360. The van der Waals surface area contributed by atoms with E-state index in [0.29, 0.717) is 0 Å². The Morgan fingerprint density at radius 1 is 1.26 bits per heavy atom. The number of hydrogen-bond acceptors (Lipinski definition) is 4. The van der Waals surface area contributed by atoms with Gasteiger partial charge in [-0.05, 0) is 11.8 Å². The van der Waals surface area contributed by atoms with E-state index >= 15 is 0 Å². The Kier molecular flexibility index (Phi) is 8.66. The van der Waals surface area contributed by atoms with Gasteiger partial charge in [0.25, 0.3) is 0 Å². The van der Waals surface area contributed by atoms with Gasteiger partial charge in [-0.3, -0.25) is 9.59 Å². The monoisotopic (exact) mass is 459 g/mol. The zero-order valence-electron chi connectivity index (χ0n) is 9.55. The van der Waals surface area contributed by atoms with Gasteiger partial charge in [0.15, 0.2) is 0 Å². The molecular weight excluding hydrogens is 449 g/mol. The number of carboxylic acids is 2. The molecule has 2 N–H and O–H groups in total. The van der Waals surface area contributed by atoms with Gasteiger partial charge >= 0.3 is 11.9 Å². The molecule has 0 aromatic carbocycles. The maximum atomic E-state index is 9.43. The molecule has 0 aliphatic carbocycles. The van der Waals surface area contributed by atoms with E-state index in [1.807, 2.05) is 29.6 Å². The summed E-state index contributed by atoms with van der Waals surface area (Å²) in [5, 5.41) is 17.4. The van der Waals surface area contributed by atoms with Crippen molar-refractivity contribution in [1.82, 2.24) is 4.98 Å². The third-order valence-electron chi connectivity index (χ3n) is 1.67. The molecule has 0 amide bonds. The number of thiophene rings is 1. The number of carbonyl (C=O) groups is 2. The number of carboxylic acid groups (broad SMARTS) is 2. The van der Waals surface area contributed by atoms with Crippen LogP contribution in [0.25, 0.3) is 10.6 Å². The van der Waals surface area contributed by atoms with Crippen LogP contribution >= 0.6 is 11.3 Å². The van der Waals surface area contributed by atoms with Crippen molar-refractivity contribution in [1.29, 1.82) is 0 Å². The second-order valence-electron chi connectivity index (χ2n) is 3.07. The van der Waals surface area contributed by atoms with Crippen molar-refractivity contribution < 1.29 is 40.9 Å². The van der Waals surface area contributed by atoms with Gasteiger partial charge in [0, 0.05) is 27.3 Å². The Morgan fingerprint density at radius 2 is 1.95 bits per heavy atom. The first-order valence-electron chi connectivity index (χ1n) is 4.89. The molecule has 2 aromatic rings. The molecule has 2 heterocycles. The zero-order valence-corrected chi connectivity index (χ0v) is 12.6. The molecule has 0 unspecified atom stereocenters. The SMILES string of the molecule is O=C(O)CC(=O)O.[Pt].[c-]1ccsc1-c1ccccn1. The molecule has 2 aromatic heterocycles. The Hall–Kier alpha value is -1.52. The minimum absolute atomic E-state index is 0. The minimum Gasteiger partial charge on any atom is -0.481 e. The van der Waals surface area contributed by atoms with Gasteiger partial charge in [-0.15, -0.1) is 5.38 Å². The standard InChI is InChI=1S/C9H6NS.C3H4O4.Pt/c1-2-6-10-8(4-1)9-5-3-7-11-9;4-2(5)1-3(6)7;/h1-4,6-7H;1H2,(H,4,5)(H,6,7);/q-1;;. The largest absolute Gasteiger partial charge is 0.481 e. The van der Waals surface area contributed by atoms with E-state index in [0.717, 1.165) is 10.6 Å². The van der Waals surface area contributed by atoms with Crippen molar-refractivity contribution in [3.8, 4) is 10.6 Å². The van der Waals surface area contributed by atoms with Crippen LogP contribution in [0.15, 0.2) is 35.8 Å². The fourth-order valence-electron chi connectivity index (χ4n) is 1.01. The zero-order chi connectivity index (χ0) is 13.4. The van der Waals surface area contributed by atoms with Crippen molar-refractivity contribution in [2.75, 3.05) is 0 Å². The minimum atomic E-state index is -1.31. The fraction of sp³-hybridized carbons (Fsp3) is 0.0833. The van der Waals surface area contributed by atoms with Crippen LogP contribution in [0.5, 0.6) is 0 Å². The summed E-state index contributed by atoms with van der Waals surface area (Å²) in [4.78, 5) is 24.2. The first kappa shape index (κ1) is 17.5. The van der Waals surface area contributed by atoms with Gasteiger partial charge in [0.2, 0.25) is 0 Å². The molecule has 19 heavy (non-hydrogen) atoms. The summed E-state index contributed by atoms with van der Waals surface area (Å²) >= 11 is 1.66. The van der Waals surface area contributed by atoms with Crippen LogP contribution in [0, 0.1) is 6.07 Å². The van der Waals surface area contributed by atoms with Crippen molar-refractivity contribution in [3.63, 3.8) is 0 Å². The number of hydrogen-bond donors (Lipinski definition) is 2. The van der Waals surface area contributed by atoms with Crippen molar-refractivity contribution >= 4 is 23.3 Å². The van der Waals surface area contributed by atoms with E-state index in [1.54, 1.807) is 17.5 Å². The van der Waals surface area contributed by atoms with Crippen LogP contribution in [0.1, 0.15) is 6.42 Å². The normalized spacial score (nSPS) is 8.63. The quantitative estimate of drug-likeness (QED) is 0.543. The third kappa shape index (κ3) is 7.49. The maximum Gasteiger partial charge on any atom is 0.314 e. The molecule has 0 fully saturated rings. The van der Waals surface area contributed by atoms with Crippen LogP contribution in [0.2, 0.25) is 0 Å². The molecule has 0 saturated carbocycles. The number of aromatic nitrogens is 1. The maximum absolute atomic E-state index is 9.43. The molecule has 2 rings (SSSR count). The van der Waals surface area contributed by atoms with Crippen molar-refractivity contribution in [3.05, 3.63) is 41.9 Å². The summed E-state index contributed by atoms with van der Waals surface area (Å²) in [7, 11) is 0. The van der Waals surface area contributed by atoms with Gasteiger partial charge in [-0.25, -0.2) is 11.3 Å². The predicted molar refractivity (Wildman–Crippen MR) is 66.3 cm³/mol. The van der Waals surface area contributed by atoms with E-state index in [-0.39, 0.29) is 21.1 Å². The van der Waals surface area contributed by atoms with Gasteiger partial charge < -0.3 is 15.2 Å². The van der Waals surface area contributed by atoms with E-state index in [4.69, 9.17) is 10.2 Å². The summed E-state index contributed by atoms with van der Waals surface area (Å²) in [6.45, 7) is 0. The smallest absolute Gasteiger partial charge is 0.314 e. The first-order chi connectivity index (χ1) is 8.59. The second-order valence-corrected chi connectivity index (χ2v) is 3.99. The Labute approximate surface area is 128 Å². The average Bonchev–Trinajstić information content (AvgIpc) is 2.82. The Morgan fingerprint density at radius 3 is 2.32 bits per heavy atom. The Bertz CT molecular complexity index is 490. The van der Waals surface area contributed by atoms with Crippen molar-refractivity contribution in [2.45, 2.75) is 6.42 Å².